The standard InChI is InChI=1S/C15H13BrN2O/c1-2-9-3-6-14-13(7-9)18-15(19-14)11-8-10(17)4-5-12(11)16/h3-8H,2,17H2,1H3. The van der Waals surface area contributed by atoms with Crippen LogP contribution < -0.4 is 5.73 Å². The molecule has 4 heteroatoms. The second kappa shape index (κ2) is 4.70. The van der Waals surface area contributed by atoms with Crippen molar-refractivity contribution in [2.24, 2.45) is 0 Å². The first kappa shape index (κ1) is 12.2. The number of aryl methyl sites for hydroxylation is 1. The number of aromatic nitrogens is 1. The van der Waals surface area contributed by atoms with Gasteiger partial charge in [0.2, 0.25) is 5.89 Å². The number of rotatable bonds is 2. The first-order valence-corrected chi connectivity index (χ1v) is 6.91. The summed E-state index contributed by atoms with van der Waals surface area (Å²) >= 11 is 3.50. The minimum atomic E-state index is 0.586. The van der Waals surface area contributed by atoms with E-state index < -0.39 is 0 Å². The fourth-order valence-corrected chi connectivity index (χ4v) is 2.43. The van der Waals surface area contributed by atoms with Crippen molar-refractivity contribution in [3.05, 3.63) is 46.4 Å². The molecule has 19 heavy (non-hydrogen) atoms. The summed E-state index contributed by atoms with van der Waals surface area (Å²) in [7, 11) is 0. The summed E-state index contributed by atoms with van der Waals surface area (Å²) in [6, 6.07) is 11.7. The summed E-state index contributed by atoms with van der Waals surface area (Å²) in [4.78, 5) is 4.54. The normalized spacial score (nSPS) is 11.1. The van der Waals surface area contributed by atoms with Crippen LogP contribution in [0.2, 0.25) is 0 Å². The molecule has 1 aromatic heterocycles. The first-order valence-electron chi connectivity index (χ1n) is 6.12. The molecular weight excluding hydrogens is 304 g/mol. The van der Waals surface area contributed by atoms with Crippen molar-refractivity contribution in [3.63, 3.8) is 0 Å². The zero-order valence-corrected chi connectivity index (χ0v) is 12.1. The number of nitrogens with two attached hydrogens (primary N) is 1. The van der Waals surface area contributed by atoms with Crippen LogP contribution in [0, 0.1) is 0 Å². The molecule has 0 saturated carbocycles. The van der Waals surface area contributed by atoms with E-state index in [1.807, 2.05) is 24.3 Å². The Morgan fingerprint density at radius 2 is 2.05 bits per heavy atom. The highest BCUT2D eigenvalue weighted by molar-refractivity contribution is 9.10. The van der Waals surface area contributed by atoms with Gasteiger partial charge in [0.05, 0.1) is 5.56 Å². The average Bonchev–Trinajstić information content (AvgIpc) is 2.83. The molecule has 0 aliphatic heterocycles. The van der Waals surface area contributed by atoms with Gasteiger partial charge in [0, 0.05) is 10.2 Å². The Morgan fingerprint density at radius 3 is 2.84 bits per heavy atom. The van der Waals surface area contributed by atoms with E-state index in [4.69, 9.17) is 10.2 Å². The summed E-state index contributed by atoms with van der Waals surface area (Å²) in [5, 5.41) is 0. The van der Waals surface area contributed by atoms with Crippen molar-refractivity contribution in [3.8, 4) is 11.5 Å². The minimum absolute atomic E-state index is 0.586. The quantitative estimate of drug-likeness (QED) is 0.713. The third kappa shape index (κ3) is 2.24. The van der Waals surface area contributed by atoms with Gasteiger partial charge in [0.1, 0.15) is 5.52 Å². The molecule has 0 amide bonds. The van der Waals surface area contributed by atoms with Crippen LogP contribution in [0.4, 0.5) is 5.69 Å². The zero-order valence-electron chi connectivity index (χ0n) is 10.5. The van der Waals surface area contributed by atoms with Crippen LogP contribution in [0.25, 0.3) is 22.6 Å². The first-order chi connectivity index (χ1) is 9.17. The van der Waals surface area contributed by atoms with Crippen LogP contribution in [-0.4, -0.2) is 4.98 Å². The lowest BCUT2D eigenvalue weighted by Crippen LogP contribution is -1.86. The van der Waals surface area contributed by atoms with Gasteiger partial charge < -0.3 is 10.2 Å². The highest BCUT2D eigenvalue weighted by Gasteiger charge is 2.12. The van der Waals surface area contributed by atoms with Crippen molar-refractivity contribution in [1.29, 1.82) is 0 Å². The van der Waals surface area contributed by atoms with Crippen molar-refractivity contribution < 1.29 is 4.42 Å². The Labute approximate surface area is 119 Å². The van der Waals surface area contributed by atoms with E-state index in [1.165, 1.54) is 5.56 Å². The van der Waals surface area contributed by atoms with Gasteiger partial charge in [-0.3, -0.25) is 0 Å². The van der Waals surface area contributed by atoms with Crippen LogP contribution >= 0.6 is 15.9 Å². The van der Waals surface area contributed by atoms with E-state index in [-0.39, 0.29) is 0 Å². The van der Waals surface area contributed by atoms with Crippen molar-refractivity contribution in [2.45, 2.75) is 13.3 Å². The van der Waals surface area contributed by atoms with Gasteiger partial charge in [-0.05, 0) is 58.2 Å². The van der Waals surface area contributed by atoms with Crippen LogP contribution in [0.3, 0.4) is 0 Å². The molecule has 0 spiro atoms. The van der Waals surface area contributed by atoms with Crippen LogP contribution in [0.5, 0.6) is 0 Å². The molecule has 0 aliphatic rings. The second-order valence-corrected chi connectivity index (χ2v) is 5.27. The largest absolute Gasteiger partial charge is 0.436 e. The molecule has 2 N–H and O–H groups in total. The molecule has 2 aromatic carbocycles. The maximum atomic E-state index is 5.81. The number of fused-ring (bicyclic) bond motifs is 1. The zero-order chi connectivity index (χ0) is 13.4. The number of oxazole rings is 1. The molecule has 0 radical (unpaired) electrons. The second-order valence-electron chi connectivity index (χ2n) is 4.41. The monoisotopic (exact) mass is 316 g/mol. The van der Waals surface area contributed by atoms with Gasteiger partial charge in [-0.2, -0.15) is 0 Å². The Kier molecular flexibility index (Phi) is 3.03. The molecule has 3 nitrogen and oxygen atoms in total. The predicted molar refractivity (Wildman–Crippen MR) is 80.9 cm³/mol. The van der Waals surface area contributed by atoms with E-state index >= 15 is 0 Å². The number of nitrogen functional groups attached to an aromatic ring is 1. The molecule has 0 fully saturated rings. The summed E-state index contributed by atoms with van der Waals surface area (Å²) in [6.45, 7) is 2.12. The lowest BCUT2D eigenvalue weighted by Gasteiger charge is -2.00. The minimum Gasteiger partial charge on any atom is -0.436 e. The van der Waals surface area contributed by atoms with Crippen molar-refractivity contribution in [2.75, 3.05) is 5.73 Å². The predicted octanol–water partition coefficient (Wildman–Crippen LogP) is 4.40. The summed E-state index contributed by atoms with van der Waals surface area (Å²) in [5.41, 5.74) is 10.3. The Bertz CT molecular complexity index is 749. The average molecular weight is 317 g/mol. The number of hydrogen-bond donors (Lipinski definition) is 1. The van der Waals surface area contributed by atoms with Gasteiger partial charge in [-0.15, -0.1) is 0 Å². The molecule has 1 heterocycles. The van der Waals surface area contributed by atoms with E-state index in [9.17, 15) is 0 Å². The van der Waals surface area contributed by atoms with Gasteiger partial charge in [-0.1, -0.05) is 13.0 Å². The number of hydrogen-bond acceptors (Lipinski definition) is 3. The van der Waals surface area contributed by atoms with Crippen LogP contribution in [0.15, 0.2) is 45.3 Å². The SMILES string of the molecule is CCc1ccc2oc(-c3cc(N)ccc3Br)nc2c1. The molecule has 3 rings (SSSR count). The van der Waals surface area contributed by atoms with E-state index in [0.29, 0.717) is 11.6 Å². The highest BCUT2D eigenvalue weighted by atomic mass is 79.9. The molecule has 0 bridgehead atoms. The van der Waals surface area contributed by atoms with Gasteiger partial charge >= 0.3 is 0 Å². The van der Waals surface area contributed by atoms with Crippen molar-refractivity contribution in [1.82, 2.24) is 4.98 Å². The molecule has 96 valence electrons. The Morgan fingerprint density at radius 1 is 1.21 bits per heavy atom. The molecule has 3 aromatic rings. The summed E-state index contributed by atoms with van der Waals surface area (Å²) < 4.78 is 6.71. The number of nitrogens with zero attached hydrogens (tertiary/aromatic N) is 1. The van der Waals surface area contributed by atoms with Gasteiger partial charge in [0.25, 0.3) is 0 Å². The third-order valence-electron chi connectivity index (χ3n) is 3.08. The van der Waals surface area contributed by atoms with Gasteiger partial charge in [0.15, 0.2) is 5.58 Å². The summed E-state index contributed by atoms with van der Waals surface area (Å²) in [6.07, 6.45) is 0.986. The topological polar surface area (TPSA) is 52.0 Å². The third-order valence-corrected chi connectivity index (χ3v) is 3.77. The van der Waals surface area contributed by atoms with E-state index in [2.05, 4.69) is 40.0 Å². The smallest absolute Gasteiger partial charge is 0.228 e. The van der Waals surface area contributed by atoms with Crippen LogP contribution in [-0.2, 0) is 6.42 Å². The molecule has 0 aliphatic carbocycles. The number of benzene rings is 2. The lowest BCUT2D eigenvalue weighted by atomic mass is 10.1. The molecule has 0 atom stereocenters. The summed E-state index contributed by atoms with van der Waals surface area (Å²) in [5.74, 6) is 0.586. The Balaban J connectivity index is 2.17. The fraction of sp³-hybridized carbons (Fsp3) is 0.133. The molecule has 0 saturated heterocycles. The lowest BCUT2D eigenvalue weighted by molar-refractivity contribution is 0.619. The number of halogens is 1. The van der Waals surface area contributed by atoms with Gasteiger partial charge in [-0.25, -0.2) is 4.98 Å². The van der Waals surface area contributed by atoms with E-state index in [0.717, 1.165) is 27.6 Å². The van der Waals surface area contributed by atoms with Crippen LogP contribution in [0.1, 0.15) is 12.5 Å². The molecular formula is C15H13BrN2O. The maximum Gasteiger partial charge on any atom is 0.228 e. The van der Waals surface area contributed by atoms with E-state index in [1.54, 1.807) is 0 Å². The maximum absolute atomic E-state index is 5.81. The fourth-order valence-electron chi connectivity index (χ4n) is 2.01. The number of anilines is 1. The highest BCUT2D eigenvalue weighted by Crippen LogP contribution is 2.32. The molecule has 0 unspecified atom stereocenters. The Hall–Kier alpha value is -1.81. The van der Waals surface area contributed by atoms with Crippen molar-refractivity contribution >= 4 is 32.7 Å².